The van der Waals surface area contributed by atoms with E-state index in [2.05, 4.69) is 26.1 Å². The first-order valence-electron chi connectivity index (χ1n) is 7.18. The number of piperidine rings is 2. The molecule has 4 nitrogen and oxygen atoms in total. The van der Waals surface area contributed by atoms with Crippen molar-refractivity contribution < 1.29 is 4.79 Å². The Morgan fingerprint density at radius 3 is 3.05 bits per heavy atom. The minimum Gasteiger partial charge on any atom is -0.398 e. The van der Waals surface area contributed by atoms with Crippen LogP contribution in [0.1, 0.15) is 24.8 Å². The molecule has 0 saturated carbocycles. The summed E-state index contributed by atoms with van der Waals surface area (Å²) in [5, 5.41) is 3.13. The van der Waals surface area contributed by atoms with Gasteiger partial charge in [-0.3, -0.25) is 9.69 Å². The van der Waals surface area contributed by atoms with Gasteiger partial charge in [0.25, 0.3) is 0 Å². The van der Waals surface area contributed by atoms with Crippen molar-refractivity contribution in [3.63, 3.8) is 0 Å². The van der Waals surface area contributed by atoms with Crippen molar-refractivity contribution in [1.29, 1.82) is 0 Å². The standard InChI is InChI=1S/C15H20BrN3O/c16-12-2-1-3-13(17)11(12)9-19-7-6-14-10(8-19)4-5-15(20)18-14/h1-3,10,14H,4-9,17H2,(H,18,20). The number of fused-ring (bicyclic) bond motifs is 1. The van der Waals surface area contributed by atoms with E-state index in [1.54, 1.807) is 0 Å². The molecule has 1 aromatic rings. The summed E-state index contributed by atoms with van der Waals surface area (Å²) in [5.74, 6) is 0.805. The van der Waals surface area contributed by atoms with Crippen LogP contribution in [0.25, 0.3) is 0 Å². The first-order chi connectivity index (χ1) is 9.63. The van der Waals surface area contributed by atoms with Gasteiger partial charge in [-0.25, -0.2) is 0 Å². The summed E-state index contributed by atoms with van der Waals surface area (Å²) in [6.07, 6.45) is 2.73. The third-order valence-corrected chi connectivity index (χ3v) is 5.19. The number of likely N-dealkylation sites (tertiary alicyclic amines) is 1. The Morgan fingerprint density at radius 1 is 1.40 bits per heavy atom. The highest BCUT2D eigenvalue weighted by Gasteiger charge is 2.33. The Kier molecular flexibility index (Phi) is 3.98. The lowest BCUT2D eigenvalue weighted by molar-refractivity contribution is -0.125. The molecule has 2 unspecified atom stereocenters. The molecule has 1 amide bonds. The van der Waals surface area contributed by atoms with E-state index >= 15 is 0 Å². The number of carbonyl (C=O) groups excluding carboxylic acids is 1. The van der Waals surface area contributed by atoms with Gasteiger partial charge in [0.2, 0.25) is 5.91 Å². The van der Waals surface area contributed by atoms with Crippen LogP contribution in [0.4, 0.5) is 5.69 Å². The summed E-state index contributed by atoms with van der Waals surface area (Å²) >= 11 is 3.59. The van der Waals surface area contributed by atoms with Gasteiger partial charge in [-0.1, -0.05) is 22.0 Å². The lowest BCUT2D eigenvalue weighted by atomic mass is 9.85. The van der Waals surface area contributed by atoms with E-state index in [1.165, 1.54) is 5.56 Å². The van der Waals surface area contributed by atoms with E-state index in [0.717, 1.165) is 42.6 Å². The molecular weight excluding hydrogens is 318 g/mol. The zero-order valence-electron chi connectivity index (χ0n) is 11.4. The molecule has 108 valence electrons. The van der Waals surface area contributed by atoms with Crippen LogP contribution in [0.2, 0.25) is 0 Å². The number of nitrogens with one attached hydrogen (secondary N) is 1. The van der Waals surface area contributed by atoms with Crippen LogP contribution in [0.3, 0.4) is 0 Å². The second-order valence-electron chi connectivity index (χ2n) is 5.80. The topological polar surface area (TPSA) is 58.4 Å². The average Bonchev–Trinajstić information content (AvgIpc) is 2.43. The number of anilines is 1. The minimum absolute atomic E-state index is 0.217. The van der Waals surface area contributed by atoms with Crippen LogP contribution in [0.5, 0.6) is 0 Å². The quantitative estimate of drug-likeness (QED) is 0.813. The van der Waals surface area contributed by atoms with E-state index in [-0.39, 0.29) is 5.91 Å². The molecule has 2 aliphatic heterocycles. The SMILES string of the molecule is Nc1cccc(Br)c1CN1CCC2NC(=O)CCC2C1. The van der Waals surface area contributed by atoms with Crippen molar-refractivity contribution in [1.82, 2.24) is 10.2 Å². The highest BCUT2D eigenvalue weighted by atomic mass is 79.9. The number of carbonyl (C=O) groups is 1. The number of hydrogen-bond donors (Lipinski definition) is 2. The van der Waals surface area contributed by atoms with Crippen LogP contribution in [-0.2, 0) is 11.3 Å². The van der Waals surface area contributed by atoms with Crippen molar-refractivity contribution in [3.05, 3.63) is 28.2 Å². The molecule has 2 fully saturated rings. The number of rotatable bonds is 2. The van der Waals surface area contributed by atoms with Gasteiger partial charge in [-0.15, -0.1) is 0 Å². The molecule has 0 radical (unpaired) electrons. The summed E-state index contributed by atoms with van der Waals surface area (Å²) in [7, 11) is 0. The van der Waals surface area contributed by atoms with Gasteiger partial charge >= 0.3 is 0 Å². The molecule has 2 heterocycles. The van der Waals surface area contributed by atoms with Crippen LogP contribution in [0.15, 0.2) is 22.7 Å². The number of nitrogens with two attached hydrogens (primary N) is 1. The van der Waals surface area contributed by atoms with Gasteiger partial charge in [0.1, 0.15) is 0 Å². The molecule has 0 bridgehead atoms. The average molecular weight is 338 g/mol. The van der Waals surface area contributed by atoms with Gasteiger partial charge in [-0.2, -0.15) is 0 Å². The molecule has 2 saturated heterocycles. The highest BCUT2D eigenvalue weighted by Crippen LogP contribution is 2.29. The zero-order valence-corrected chi connectivity index (χ0v) is 13.0. The molecule has 0 spiro atoms. The fraction of sp³-hybridized carbons (Fsp3) is 0.533. The summed E-state index contributed by atoms with van der Waals surface area (Å²) < 4.78 is 1.08. The number of amides is 1. The van der Waals surface area contributed by atoms with Crippen molar-refractivity contribution in [2.24, 2.45) is 5.92 Å². The molecule has 20 heavy (non-hydrogen) atoms. The molecule has 3 rings (SSSR count). The van der Waals surface area contributed by atoms with Crippen LogP contribution in [-0.4, -0.2) is 29.9 Å². The normalized spacial score (nSPS) is 26.9. The maximum atomic E-state index is 11.4. The Balaban J connectivity index is 1.67. The number of halogens is 1. The van der Waals surface area contributed by atoms with E-state index in [0.29, 0.717) is 18.4 Å². The molecule has 0 aliphatic carbocycles. The second kappa shape index (κ2) is 5.74. The third kappa shape index (κ3) is 2.83. The fourth-order valence-electron chi connectivity index (χ4n) is 3.29. The van der Waals surface area contributed by atoms with E-state index in [1.807, 2.05) is 18.2 Å². The third-order valence-electron chi connectivity index (χ3n) is 4.44. The van der Waals surface area contributed by atoms with Crippen molar-refractivity contribution in [3.8, 4) is 0 Å². The number of hydrogen-bond acceptors (Lipinski definition) is 3. The largest absolute Gasteiger partial charge is 0.398 e. The van der Waals surface area contributed by atoms with Crippen LogP contribution >= 0.6 is 15.9 Å². The summed E-state index contributed by atoms with van der Waals surface area (Å²) in [4.78, 5) is 13.9. The number of nitrogens with zero attached hydrogens (tertiary/aromatic N) is 1. The molecular formula is C15H20BrN3O. The number of benzene rings is 1. The van der Waals surface area contributed by atoms with Crippen LogP contribution < -0.4 is 11.1 Å². The summed E-state index contributed by atoms with van der Waals surface area (Å²) in [6, 6.07) is 6.34. The van der Waals surface area contributed by atoms with Gasteiger partial charge in [-0.05, 0) is 30.9 Å². The molecule has 3 N–H and O–H groups in total. The maximum absolute atomic E-state index is 11.4. The number of nitrogen functional groups attached to an aromatic ring is 1. The Labute approximate surface area is 127 Å². The molecule has 2 atom stereocenters. The van der Waals surface area contributed by atoms with E-state index in [9.17, 15) is 4.79 Å². The van der Waals surface area contributed by atoms with Crippen molar-refractivity contribution in [2.75, 3.05) is 18.8 Å². The fourth-order valence-corrected chi connectivity index (χ4v) is 3.80. The second-order valence-corrected chi connectivity index (χ2v) is 6.66. The Hall–Kier alpha value is -1.07. The lowest BCUT2D eigenvalue weighted by Crippen LogP contribution is -2.53. The van der Waals surface area contributed by atoms with Gasteiger partial charge < -0.3 is 11.1 Å². The van der Waals surface area contributed by atoms with Crippen molar-refractivity contribution >= 4 is 27.5 Å². The predicted molar refractivity (Wildman–Crippen MR) is 83.1 cm³/mol. The van der Waals surface area contributed by atoms with Gasteiger partial charge in [0.15, 0.2) is 0 Å². The molecule has 5 heteroatoms. The first-order valence-corrected chi connectivity index (χ1v) is 7.97. The molecule has 2 aliphatic rings. The van der Waals surface area contributed by atoms with Crippen molar-refractivity contribution in [2.45, 2.75) is 31.8 Å². The van der Waals surface area contributed by atoms with E-state index in [4.69, 9.17) is 5.73 Å². The monoisotopic (exact) mass is 337 g/mol. The Bertz CT molecular complexity index is 500. The molecule has 1 aromatic carbocycles. The molecule has 0 aromatic heterocycles. The maximum Gasteiger partial charge on any atom is 0.220 e. The highest BCUT2D eigenvalue weighted by molar-refractivity contribution is 9.10. The Morgan fingerprint density at radius 2 is 2.25 bits per heavy atom. The summed E-state index contributed by atoms with van der Waals surface area (Å²) in [5.41, 5.74) is 8.09. The van der Waals surface area contributed by atoms with Gasteiger partial charge in [0.05, 0.1) is 0 Å². The predicted octanol–water partition coefficient (Wildman–Crippen LogP) is 2.13. The summed E-state index contributed by atoms with van der Waals surface area (Å²) in [6.45, 7) is 2.94. The van der Waals surface area contributed by atoms with E-state index < -0.39 is 0 Å². The van der Waals surface area contributed by atoms with Crippen LogP contribution in [0, 0.1) is 5.92 Å². The smallest absolute Gasteiger partial charge is 0.220 e. The first kappa shape index (κ1) is 13.9. The lowest BCUT2D eigenvalue weighted by Gasteiger charge is -2.41. The zero-order chi connectivity index (χ0) is 14.1. The van der Waals surface area contributed by atoms with Gasteiger partial charge in [0, 0.05) is 47.8 Å². The minimum atomic E-state index is 0.217.